The largest absolute Gasteiger partial charge is 0.295 e. The van der Waals surface area contributed by atoms with Gasteiger partial charge in [0.2, 0.25) is 9.84 Å². The Hall–Kier alpha value is -1.42. The Bertz CT molecular complexity index is 580. The van der Waals surface area contributed by atoms with Crippen molar-refractivity contribution < 1.29 is 13.2 Å². The minimum atomic E-state index is -3.28. The number of fused-ring (bicyclic) bond motifs is 1. The van der Waals surface area contributed by atoms with Crippen molar-refractivity contribution >= 4 is 21.7 Å². The minimum absolute atomic E-state index is 0.0619. The number of ketones is 1. The zero-order chi connectivity index (χ0) is 11.2. The molecule has 0 saturated carbocycles. The van der Waals surface area contributed by atoms with Crippen molar-refractivity contribution in [2.45, 2.75) is 18.7 Å². The van der Waals surface area contributed by atoms with Crippen LogP contribution >= 0.6 is 0 Å². The molecule has 1 aromatic carbocycles. The van der Waals surface area contributed by atoms with E-state index in [9.17, 15) is 13.2 Å². The van der Waals surface area contributed by atoms with Gasteiger partial charge in [-0.15, -0.1) is 0 Å². The SMILES string of the molecule is CC(=O)c1ccc2c(c1)C=C(C)S2(=O)=O. The molecular formula is C11H10O3S. The van der Waals surface area contributed by atoms with Crippen molar-refractivity contribution in [2.75, 3.05) is 0 Å². The molecule has 0 atom stereocenters. The number of Topliss-reactive ketones (excluding diaryl/α,β-unsaturated/α-hetero) is 1. The number of allylic oxidation sites excluding steroid dienone is 1. The second-order valence-corrected chi connectivity index (χ2v) is 5.66. The Morgan fingerprint density at radius 2 is 1.93 bits per heavy atom. The Morgan fingerprint density at radius 3 is 2.53 bits per heavy atom. The van der Waals surface area contributed by atoms with Gasteiger partial charge in [0.1, 0.15) is 0 Å². The van der Waals surface area contributed by atoms with E-state index in [-0.39, 0.29) is 5.78 Å². The van der Waals surface area contributed by atoms with E-state index in [2.05, 4.69) is 0 Å². The third kappa shape index (κ3) is 1.41. The van der Waals surface area contributed by atoms with Crippen LogP contribution in [0.2, 0.25) is 0 Å². The van der Waals surface area contributed by atoms with E-state index in [1.165, 1.54) is 13.0 Å². The van der Waals surface area contributed by atoms with Gasteiger partial charge in [0.15, 0.2) is 5.78 Å². The van der Waals surface area contributed by atoms with Crippen LogP contribution in [0.5, 0.6) is 0 Å². The van der Waals surface area contributed by atoms with Gasteiger partial charge in [0, 0.05) is 10.5 Å². The first-order valence-electron chi connectivity index (χ1n) is 4.51. The fraction of sp³-hybridized carbons (Fsp3) is 0.182. The van der Waals surface area contributed by atoms with Gasteiger partial charge in [0.25, 0.3) is 0 Å². The molecular weight excluding hydrogens is 212 g/mol. The molecule has 0 spiro atoms. The predicted octanol–water partition coefficient (Wildman–Crippen LogP) is 2.04. The van der Waals surface area contributed by atoms with E-state index in [0.29, 0.717) is 20.9 Å². The van der Waals surface area contributed by atoms with Gasteiger partial charge in [-0.2, -0.15) is 0 Å². The van der Waals surface area contributed by atoms with E-state index in [1.807, 2.05) is 0 Å². The lowest BCUT2D eigenvalue weighted by molar-refractivity contribution is 0.101. The first-order valence-corrected chi connectivity index (χ1v) is 5.99. The molecule has 4 heteroatoms. The molecule has 1 heterocycles. The van der Waals surface area contributed by atoms with Crippen molar-refractivity contribution in [3.63, 3.8) is 0 Å². The fourth-order valence-electron chi connectivity index (χ4n) is 1.59. The molecule has 1 aromatic rings. The molecule has 0 aromatic heterocycles. The van der Waals surface area contributed by atoms with Crippen LogP contribution in [0, 0.1) is 0 Å². The summed E-state index contributed by atoms with van der Waals surface area (Å²) in [5.74, 6) is -0.0619. The Labute approximate surface area is 88.3 Å². The number of hydrogen-bond donors (Lipinski definition) is 0. The second-order valence-electron chi connectivity index (χ2n) is 3.57. The lowest BCUT2D eigenvalue weighted by Crippen LogP contribution is -1.99. The van der Waals surface area contributed by atoms with Gasteiger partial charge in [-0.1, -0.05) is 6.07 Å². The highest BCUT2D eigenvalue weighted by atomic mass is 32.2. The topological polar surface area (TPSA) is 51.2 Å². The van der Waals surface area contributed by atoms with Crippen LogP contribution in [0.15, 0.2) is 28.0 Å². The van der Waals surface area contributed by atoms with Crippen LogP contribution < -0.4 is 0 Å². The minimum Gasteiger partial charge on any atom is -0.295 e. The van der Waals surface area contributed by atoms with Gasteiger partial charge in [0.05, 0.1) is 4.90 Å². The average Bonchev–Trinajstić information content (AvgIpc) is 2.38. The van der Waals surface area contributed by atoms with Crippen molar-refractivity contribution in [3.8, 4) is 0 Å². The predicted molar refractivity (Wildman–Crippen MR) is 57.3 cm³/mol. The molecule has 0 fully saturated rings. The molecule has 0 N–H and O–H groups in total. The summed E-state index contributed by atoms with van der Waals surface area (Å²) in [4.78, 5) is 11.7. The number of sulfone groups is 1. The Morgan fingerprint density at radius 1 is 1.27 bits per heavy atom. The molecule has 78 valence electrons. The van der Waals surface area contributed by atoms with E-state index < -0.39 is 9.84 Å². The number of benzene rings is 1. The summed E-state index contributed by atoms with van der Waals surface area (Å²) in [7, 11) is -3.28. The standard InChI is InChI=1S/C11H10O3S/c1-7-5-10-6-9(8(2)12)3-4-11(10)15(7,13)14/h3-6H,1-2H3. The summed E-state index contributed by atoms with van der Waals surface area (Å²) in [5.41, 5.74) is 1.15. The highest BCUT2D eigenvalue weighted by molar-refractivity contribution is 7.95. The second kappa shape index (κ2) is 3.03. The van der Waals surface area contributed by atoms with Crippen LogP contribution in [-0.2, 0) is 9.84 Å². The van der Waals surface area contributed by atoms with Crippen molar-refractivity contribution in [3.05, 3.63) is 34.2 Å². The molecule has 15 heavy (non-hydrogen) atoms. The third-order valence-electron chi connectivity index (χ3n) is 2.49. The van der Waals surface area contributed by atoms with Crippen molar-refractivity contribution in [1.29, 1.82) is 0 Å². The summed E-state index contributed by atoms with van der Waals surface area (Å²) in [6.07, 6.45) is 1.59. The van der Waals surface area contributed by atoms with Crippen LogP contribution in [0.3, 0.4) is 0 Å². The fourth-order valence-corrected chi connectivity index (χ4v) is 2.90. The van der Waals surface area contributed by atoms with Gasteiger partial charge in [-0.25, -0.2) is 8.42 Å². The lowest BCUT2D eigenvalue weighted by Gasteiger charge is -2.01. The van der Waals surface area contributed by atoms with Crippen LogP contribution in [-0.4, -0.2) is 14.2 Å². The van der Waals surface area contributed by atoms with E-state index in [0.717, 1.165) is 0 Å². The maximum atomic E-state index is 11.7. The first kappa shape index (κ1) is 10.1. The maximum Gasteiger partial charge on any atom is 0.203 e. The Balaban J connectivity index is 2.70. The van der Waals surface area contributed by atoms with Gasteiger partial charge in [-0.3, -0.25) is 4.79 Å². The zero-order valence-electron chi connectivity index (χ0n) is 8.44. The average molecular weight is 222 g/mol. The number of carbonyl (C=O) groups excluding carboxylic acids is 1. The molecule has 0 aliphatic carbocycles. The quantitative estimate of drug-likeness (QED) is 0.683. The van der Waals surface area contributed by atoms with E-state index >= 15 is 0 Å². The normalized spacial score (nSPS) is 17.1. The van der Waals surface area contributed by atoms with Crippen LogP contribution in [0.1, 0.15) is 29.8 Å². The highest BCUT2D eigenvalue weighted by Crippen LogP contribution is 2.32. The highest BCUT2D eigenvalue weighted by Gasteiger charge is 2.26. The third-order valence-corrected chi connectivity index (χ3v) is 4.40. The molecule has 0 unspecified atom stereocenters. The molecule has 3 nitrogen and oxygen atoms in total. The van der Waals surface area contributed by atoms with Crippen molar-refractivity contribution in [2.24, 2.45) is 0 Å². The molecule has 1 aliphatic rings. The smallest absolute Gasteiger partial charge is 0.203 e. The Kier molecular flexibility index (Phi) is 2.04. The maximum absolute atomic E-state index is 11.7. The molecule has 0 radical (unpaired) electrons. The molecule has 1 aliphatic heterocycles. The van der Waals surface area contributed by atoms with Crippen molar-refractivity contribution in [1.82, 2.24) is 0 Å². The van der Waals surface area contributed by atoms with Crippen LogP contribution in [0.4, 0.5) is 0 Å². The van der Waals surface area contributed by atoms with E-state index in [4.69, 9.17) is 0 Å². The van der Waals surface area contributed by atoms with Gasteiger partial charge in [-0.05, 0) is 37.6 Å². The molecule has 0 bridgehead atoms. The monoisotopic (exact) mass is 222 g/mol. The molecule has 2 rings (SSSR count). The summed E-state index contributed by atoms with van der Waals surface area (Å²) < 4.78 is 23.4. The van der Waals surface area contributed by atoms with E-state index in [1.54, 1.807) is 25.1 Å². The summed E-state index contributed by atoms with van der Waals surface area (Å²) in [5, 5.41) is 0. The number of rotatable bonds is 1. The zero-order valence-corrected chi connectivity index (χ0v) is 9.26. The first-order chi connectivity index (χ1) is 6.93. The van der Waals surface area contributed by atoms with Gasteiger partial charge < -0.3 is 0 Å². The van der Waals surface area contributed by atoms with Gasteiger partial charge >= 0.3 is 0 Å². The summed E-state index contributed by atoms with van der Waals surface area (Å²) >= 11 is 0. The lowest BCUT2D eigenvalue weighted by atomic mass is 10.1. The number of hydrogen-bond acceptors (Lipinski definition) is 3. The molecule has 0 amide bonds. The summed E-state index contributed by atoms with van der Waals surface area (Å²) in [6.45, 7) is 3.02. The number of carbonyl (C=O) groups is 1. The summed E-state index contributed by atoms with van der Waals surface area (Å²) in [6, 6.07) is 4.66. The van der Waals surface area contributed by atoms with Crippen LogP contribution in [0.25, 0.3) is 6.08 Å². The molecule has 0 saturated heterocycles.